The number of halogens is 1. The lowest BCUT2D eigenvalue weighted by atomic mass is 10.1. The molecular formula is C13H16ClNO4S. The summed E-state index contributed by atoms with van der Waals surface area (Å²) in [6, 6.07) is 4.33. The van der Waals surface area contributed by atoms with Gasteiger partial charge in [-0.15, -0.1) is 0 Å². The topological polar surface area (TPSA) is 72.5 Å². The van der Waals surface area contributed by atoms with Crippen LogP contribution in [0.3, 0.4) is 0 Å². The van der Waals surface area contributed by atoms with Crippen molar-refractivity contribution in [1.29, 1.82) is 0 Å². The first-order valence-corrected chi connectivity index (χ1v) is 8.66. The second-order valence-corrected chi connectivity index (χ2v) is 7.32. The Hall–Kier alpha value is -1.11. The summed E-state index contributed by atoms with van der Waals surface area (Å²) in [6.07, 6.45) is 2.23. The van der Waals surface area contributed by atoms with Crippen molar-refractivity contribution < 1.29 is 17.9 Å². The lowest BCUT2D eigenvalue weighted by Gasteiger charge is -2.22. The molecule has 1 amide bonds. The Morgan fingerprint density at radius 3 is 2.70 bits per heavy atom. The van der Waals surface area contributed by atoms with Gasteiger partial charge in [0.1, 0.15) is 6.10 Å². The Bertz CT molecular complexity index is 609. The first-order chi connectivity index (χ1) is 9.38. The molecule has 0 bridgehead atoms. The van der Waals surface area contributed by atoms with Gasteiger partial charge >= 0.3 is 0 Å². The third kappa shape index (κ3) is 3.71. The van der Waals surface area contributed by atoms with Crippen LogP contribution in [0.15, 0.2) is 23.1 Å². The number of anilines is 1. The van der Waals surface area contributed by atoms with E-state index in [1.165, 1.54) is 18.2 Å². The number of carbonyl (C=O) groups is 1. The second kappa shape index (κ2) is 6.11. The molecule has 20 heavy (non-hydrogen) atoms. The highest BCUT2D eigenvalue weighted by Gasteiger charge is 2.22. The van der Waals surface area contributed by atoms with Crippen LogP contribution in [0.1, 0.15) is 24.8 Å². The zero-order chi connectivity index (χ0) is 14.8. The van der Waals surface area contributed by atoms with Crippen molar-refractivity contribution >= 4 is 31.3 Å². The number of aryl methyl sites for hydroxylation is 1. The van der Waals surface area contributed by atoms with Crippen LogP contribution in [-0.4, -0.2) is 27.0 Å². The minimum atomic E-state index is -3.76. The number of hydrogen-bond acceptors (Lipinski definition) is 4. The molecule has 1 N–H and O–H groups in total. The van der Waals surface area contributed by atoms with E-state index < -0.39 is 15.2 Å². The van der Waals surface area contributed by atoms with Crippen molar-refractivity contribution in [3.8, 4) is 0 Å². The molecule has 1 aromatic carbocycles. The van der Waals surface area contributed by atoms with Gasteiger partial charge in [-0.25, -0.2) is 8.42 Å². The SMILES string of the molecule is Cc1cc(S(=O)(=O)Cl)ccc1NC(=O)C1CCCCO1. The van der Waals surface area contributed by atoms with Crippen molar-refractivity contribution in [1.82, 2.24) is 0 Å². The minimum Gasteiger partial charge on any atom is -0.368 e. The van der Waals surface area contributed by atoms with Crippen molar-refractivity contribution in [2.45, 2.75) is 37.2 Å². The standard InChI is InChI=1S/C13H16ClNO4S/c1-9-8-10(20(14,17)18)5-6-11(9)15-13(16)12-4-2-3-7-19-12/h5-6,8,12H,2-4,7H2,1H3,(H,15,16). The van der Waals surface area contributed by atoms with Gasteiger partial charge in [0.2, 0.25) is 0 Å². The van der Waals surface area contributed by atoms with E-state index in [-0.39, 0.29) is 10.8 Å². The second-order valence-electron chi connectivity index (χ2n) is 4.76. The molecule has 1 aliphatic rings. The Morgan fingerprint density at radius 1 is 1.40 bits per heavy atom. The summed E-state index contributed by atoms with van der Waals surface area (Å²) < 4.78 is 27.8. The smallest absolute Gasteiger partial charge is 0.261 e. The van der Waals surface area contributed by atoms with Gasteiger partial charge in [-0.1, -0.05) is 0 Å². The number of rotatable bonds is 3. The molecule has 0 aliphatic carbocycles. The number of carbonyl (C=O) groups excluding carboxylic acids is 1. The van der Waals surface area contributed by atoms with Gasteiger partial charge in [0.25, 0.3) is 15.0 Å². The number of benzene rings is 1. The fourth-order valence-electron chi connectivity index (χ4n) is 2.09. The Kier molecular flexibility index (Phi) is 4.67. The highest BCUT2D eigenvalue weighted by atomic mass is 35.7. The van der Waals surface area contributed by atoms with E-state index in [4.69, 9.17) is 15.4 Å². The predicted octanol–water partition coefficient (Wildman–Crippen LogP) is 2.43. The normalized spacial score (nSPS) is 19.6. The molecule has 1 fully saturated rings. The molecule has 1 aliphatic heterocycles. The van der Waals surface area contributed by atoms with Crippen LogP contribution < -0.4 is 5.32 Å². The summed E-state index contributed by atoms with van der Waals surface area (Å²) in [5.41, 5.74) is 1.20. The molecule has 2 rings (SSSR count). The van der Waals surface area contributed by atoms with E-state index in [0.717, 1.165) is 12.8 Å². The third-order valence-corrected chi connectivity index (χ3v) is 4.56. The highest BCUT2D eigenvalue weighted by molar-refractivity contribution is 8.13. The number of ether oxygens (including phenoxy) is 1. The van der Waals surface area contributed by atoms with E-state index >= 15 is 0 Å². The van der Waals surface area contributed by atoms with Gasteiger partial charge in [-0.2, -0.15) is 0 Å². The molecular weight excluding hydrogens is 302 g/mol. The van der Waals surface area contributed by atoms with E-state index in [0.29, 0.717) is 24.3 Å². The monoisotopic (exact) mass is 317 g/mol. The molecule has 1 unspecified atom stereocenters. The molecule has 0 saturated carbocycles. The molecule has 1 heterocycles. The quantitative estimate of drug-likeness (QED) is 0.869. The largest absolute Gasteiger partial charge is 0.368 e. The fourth-order valence-corrected chi connectivity index (χ4v) is 2.92. The summed E-state index contributed by atoms with van der Waals surface area (Å²) in [6.45, 7) is 2.31. The lowest BCUT2D eigenvalue weighted by Crippen LogP contribution is -2.33. The highest BCUT2D eigenvalue weighted by Crippen LogP contribution is 2.23. The fraction of sp³-hybridized carbons (Fsp3) is 0.462. The average Bonchev–Trinajstić information content (AvgIpc) is 2.41. The Balaban J connectivity index is 2.11. The van der Waals surface area contributed by atoms with Gasteiger partial charge < -0.3 is 10.1 Å². The van der Waals surface area contributed by atoms with Crippen molar-refractivity contribution in [2.24, 2.45) is 0 Å². The summed E-state index contributed by atoms with van der Waals surface area (Å²) in [5.74, 6) is -0.200. The third-order valence-electron chi connectivity index (χ3n) is 3.21. The minimum absolute atomic E-state index is 0.0172. The lowest BCUT2D eigenvalue weighted by molar-refractivity contribution is -0.129. The van der Waals surface area contributed by atoms with Crippen molar-refractivity contribution in [3.05, 3.63) is 23.8 Å². The maximum atomic E-state index is 12.0. The molecule has 0 spiro atoms. The molecule has 1 atom stereocenters. The maximum Gasteiger partial charge on any atom is 0.261 e. The molecule has 7 heteroatoms. The summed E-state index contributed by atoms with van der Waals surface area (Å²) in [5, 5.41) is 2.76. The molecule has 110 valence electrons. The van der Waals surface area contributed by atoms with Crippen molar-refractivity contribution in [2.75, 3.05) is 11.9 Å². The van der Waals surface area contributed by atoms with Crippen LogP contribution in [0.2, 0.25) is 0 Å². The molecule has 0 radical (unpaired) electrons. The first kappa shape index (κ1) is 15.3. The number of hydrogen-bond donors (Lipinski definition) is 1. The van der Waals surface area contributed by atoms with E-state index in [9.17, 15) is 13.2 Å². The Labute approximate surface area is 122 Å². The molecule has 1 saturated heterocycles. The summed E-state index contributed by atoms with van der Waals surface area (Å²) in [7, 11) is 1.52. The van der Waals surface area contributed by atoms with Gasteiger partial charge in [0.15, 0.2) is 0 Å². The first-order valence-electron chi connectivity index (χ1n) is 6.36. The van der Waals surface area contributed by atoms with Crippen molar-refractivity contribution in [3.63, 3.8) is 0 Å². The summed E-state index contributed by atoms with van der Waals surface area (Å²) >= 11 is 0. The van der Waals surface area contributed by atoms with E-state index in [1.54, 1.807) is 6.92 Å². The van der Waals surface area contributed by atoms with Crippen LogP contribution in [0.4, 0.5) is 5.69 Å². The van der Waals surface area contributed by atoms with Gasteiger partial charge in [-0.05, 0) is 49.9 Å². The van der Waals surface area contributed by atoms with Crippen LogP contribution >= 0.6 is 10.7 Å². The average molecular weight is 318 g/mol. The maximum absolute atomic E-state index is 12.0. The Morgan fingerprint density at radius 2 is 2.15 bits per heavy atom. The molecule has 5 nitrogen and oxygen atoms in total. The number of amides is 1. The van der Waals surface area contributed by atoms with Gasteiger partial charge in [0, 0.05) is 23.0 Å². The van der Waals surface area contributed by atoms with Crippen LogP contribution in [0.25, 0.3) is 0 Å². The predicted molar refractivity (Wildman–Crippen MR) is 76.4 cm³/mol. The molecule has 0 aromatic heterocycles. The molecule has 1 aromatic rings. The van der Waals surface area contributed by atoms with E-state index in [1.807, 2.05) is 0 Å². The zero-order valence-electron chi connectivity index (χ0n) is 11.1. The number of nitrogens with one attached hydrogen (secondary N) is 1. The van der Waals surface area contributed by atoms with Gasteiger partial charge in [-0.3, -0.25) is 4.79 Å². The zero-order valence-corrected chi connectivity index (χ0v) is 12.6. The van der Waals surface area contributed by atoms with Crippen LogP contribution in [-0.2, 0) is 18.6 Å². The van der Waals surface area contributed by atoms with Gasteiger partial charge in [0.05, 0.1) is 4.90 Å². The van der Waals surface area contributed by atoms with Crippen LogP contribution in [0.5, 0.6) is 0 Å². The van der Waals surface area contributed by atoms with E-state index in [2.05, 4.69) is 5.32 Å². The summed E-state index contributed by atoms with van der Waals surface area (Å²) in [4.78, 5) is 12.0. The van der Waals surface area contributed by atoms with Crippen LogP contribution in [0, 0.1) is 6.92 Å².